The van der Waals surface area contributed by atoms with E-state index in [1.54, 1.807) is 0 Å². The van der Waals surface area contributed by atoms with Crippen molar-refractivity contribution in [2.45, 2.75) is 64.1 Å². The van der Waals surface area contributed by atoms with Gasteiger partial charge in [-0.25, -0.2) is 0 Å². The van der Waals surface area contributed by atoms with Crippen LogP contribution in [0.5, 0.6) is 0 Å². The fourth-order valence-electron chi connectivity index (χ4n) is 1.79. The van der Waals surface area contributed by atoms with Gasteiger partial charge in [-0.3, -0.25) is 0 Å². The van der Waals surface area contributed by atoms with Crippen LogP contribution >= 0.6 is 0 Å². The predicted molar refractivity (Wildman–Crippen MR) is 51.2 cm³/mol. The molecule has 3 atom stereocenters. The predicted octanol–water partition coefficient (Wildman–Crippen LogP) is 1.68. The Kier molecular flexibility index (Phi) is 4.02. The minimum absolute atomic E-state index is 0.104. The minimum atomic E-state index is -0.104. The largest absolute Gasteiger partial charge is 0.392 e. The maximum atomic E-state index is 9.65. The highest BCUT2D eigenvalue weighted by atomic mass is 16.3. The fraction of sp³-hybridized carbons (Fsp3) is 1.00. The molecular weight excluding hydrogens is 150 g/mol. The van der Waals surface area contributed by atoms with Crippen molar-refractivity contribution in [2.24, 2.45) is 0 Å². The standard InChI is InChI=1S/C10H21NO/c1-3-8(2)11-9-6-4-5-7-10(9)12/h8-12H,3-7H2,1-2H3/t8?,9-,10-/m0/s1. The van der Waals surface area contributed by atoms with Gasteiger partial charge in [0.25, 0.3) is 0 Å². The van der Waals surface area contributed by atoms with E-state index in [-0.39, 0.29) is 6.10 Å². The molecule has 0 aromatic heterocycles. The lowest BCUT2D eigenvalue weighted by Gasteiger charge is -2.30. The van der Waals surface area contributed by atoms with Gasteiger partial charge in [0, 0.05) is 12.1 Å². The summed E-state index contributed by atoms with van der Waals surface area (Å²) in [7, 11) is 0. The third kappa shape index (κ3) is 2.76. The summed E-state index contributed by atoms with van der Waals surface area (Å²) in [5.74, 6) is 0. The maximum absolute atomic E-state index is 9.65. The molecule has 2 heteroatoms. The highest BCUT2D eigenvalue weighted by Crippen LogP contribution is 2.18. The van der Waals surface area contributed by atoms with Crippen LogP contribution in [0, 0.1) is 0 Å². The Morgan fingerprint density at radius 1 is 1.42 bits per heavy atom. The van der Waals surface area contributed by atoms with Crippen LogP contribution in [0.25, 0.3) is 0 Å². The molecule has 1 rings (SSSR count). The van der Waals surface area contributed by atoms with Crippen molar-refractivity contribution in [1.82, 2.24) is 5.32 Å². The highest BCUT2D eigenvalue weighted by molar-refractivity contribution is 4.81. The summed E-state index contributed by atoms with van der Waals surface area (Å²) in [6.45, 7) is 4.36. The highest BCUT2D eigenvalue weighted by Gasteiger charge is 2.23. The number of aliphatic hydroxyl groups excluding tert-OH is 1. The van der Waals surface area contributed by atoms with E-state index in [0.29, 0.717) is 12.1 Å². The van der Waals surface area contributed by atoms with E-state index in [4.69, 9.17) is 0 Å². The molecule has 0 amide bonds. The van der Waals surface area contributed by atoms with Crippen molar-refractivity contribution < 1.29 is 5.11 Å². The Hall–Kier alpha value is -0.0800. The van der Waals surface area contributed by atoms with Crippen LogP contribution in [-0.2, 0) is 0 Å². The van der Waals surface area contributed by atoms with Crippen molar-refractivity contribution in [1.29, 1.82) is 0 Å². The first-order chi connectivity index (χ1) is 5.74. The number of rotatable bonds is 3. The Labute approximate surface area is 75.4 Å². The summed E-state index contributed by atoms with van der Waals surface area (Å²) in [5, 5.41) is 13.1. The van der Waals surface area contributed by atoms with Gasteiger partial charge in [-0.15, -0.1) is 0 Å². The number of nitrogens with one attached hydrogen (secondary N) is 1. The van der Waals surface area contributed by atoms with E-state index in [1.807, 2.05) is 0 Å². The molecule has 1 fully saturated rings. The molecule has 0 saturated heterocycles. The summed E-state index contributed by atoms with van der Waals surface area (Å²) < 4.78 is 0. The number of hydrogen-bond donors (Lipinski definition) is 2. The molecule has 0 radical (unpaired) electrons. The van der Waals surface area contributed by atoms with Crippen molar-refractivity contribution in [3.05, 3.63) is 0 Å². The normalized spacial score (nSPS) is 33.2. The zero-order chi connectivity index (χ0) is 8.97. The Morgan fingerprint density at radius 2 is 2.08 bits per heavy atom. The quantitative estimate of drug-likeness (QED) is 0.677. The second kappa shape index (κ2) is 4.83. The summed E-state index contributed by atoms with van der Waals surface area (Å²) in [6.07, 6.45) is 5.63. The molecule has 2 nitrogen and oxygen atoms in total. The lowest BCUT2D eigenvalue weighted by Crippen LogP contribution is -2.45. The maximum Gasteiger partial charge on any atom is 0.0693 e. The van der Waals surface area contributed by atoms with Crippen molar-refractivity contribution in [3.63, 3.8) is 0 Å². The molecule has 1 aliphatic carbocycles. The molecule has 1 saturated carbocycles. The van der Waals surface area contributed by atoms with E-state index in [2.05, 4.69) is 19.2 Å². The molecule has 1 unspecified atom stereocenters. The molecule has 0 heterocycles. The number of aliphatic hydroxyl groups is 1. The molecule has 12 heavy (non-hydrogen) atoms. The monoisotopic (exact) mass is 171 g/mol. The first kappa shape index (κ1) is 10.0. The molecule has 1 aliphatic rings. The number of hydrogen-bond acceptors (Lipinski definition) is 2. The molecule has 0 bridgehead atoms. The first-order valence-electron chi connectivity index (χ1n) is 5.18. The van der Waals surface area contributed by atoms with Crippen molar-refractivity contribution in [2.75, 3.05) is 0 Å². The minimum Gasteiger partial charge on any atom is -0.392 e. The molecular formula is C10H21NO. The van der Waals surface area contributed by atoms with Gasteiger partial charge < -0.3 is 10.4 Å². The fourth-order valence-corrected chi connectivity index (χ4v) is 1.79. The van der Waals surface area contributed by atoms with Crippen LogP contribution in [0.4, 0.5) is 0 Å². The summed E-state index contributed by atoms with van der Waals surface area (Å²) in [5.41, 5.74) is 0. The third-order valence-electron chi connectivity index (χ3n) is 2.84. The van der Waals surface area contributed by atoms with E-state index >= 15 is 0 Å². The van der Waals surface area contributed by atoms with E-state index in [0.717, 1.165) is 19.3 Å². The lowest BCUT2D eigenvalue weighted by atomic mass is 9.92. The molecule has 0 spiro atoms. The molecule has 72 valence electrons. The lowest BCUT2D eigenvalue weighted by molar-refractivity contribution is 0.0857. The molecule has 2 N–H and O–H groups in total. The van der Waals surface area contributed by atoms with Gasteiger partial charge in [0.05, 0.1) is 6.10 Å². The topological polar surface area (TPSA) is 32.3 Å². The Morgan fingerprint density at radius 3 is 2.67 bits per heavy atom. The third-order valence-corrected chi connectivity index (χ3v) is 2.84. The Bertz CT molecular complexity index is 127. The van der Waals surface area contributed by atoms with E-state index in [9.17, 15) is 5.11 Å². The second-order valence-corrected chi connectivity index (χ2v) is 3.93. The van der Waals surface area contributed by atoms with Crippen LogP contribution < -0.4 is 5.32 Å². The van der Waals surface area contributed by atoms with Gasteiger partial charge in [0.2, 0.25) is 0 Å². The van der Waals surface area contributed by atoms with Gasteiger partial charge in [0.1, 0.15) is 0 Å². The zero-order valence-electron chi connectivity index (χ0n) is 8.21. The molecule has 0 aromatic carbocycles. The second-order valence-electron chi connectivity index (χ2n) is 3.93. The zero-order valence-corrected chi connectivity index (χ0v) is 8.21. The van der Waals surface area contributed by atoms with Crippen LogP contribution in [0.3, 0.4) is 0 Å². The van der Waals surface area contributed by atoms with Crippen molar-refractivity contribution >= 4 is 0 Å². The van der Waals surface area contributed by atoms with Crippen LogP contribution in [0.2, 0.25) is 0 Å². The smallest absolute Gasteiger partial charge is 0.0693 e. The van der Waals surface area contributed by atoms with Gasteiger partial charge in [-0.1, -0.05) is 19.8 Å². The summed E-state index contributed by atoms with van der Waals surface area (Å²) >= 11 is 0. The van der Waals surface area contributed by atoms with Gasteiger partial charge in [-0.2, -0.15) is 0 Å². The van der Waals surface area contributed by atoms with Crippen LogP contribution in [-0.4, -0.2) is 23.3 Å². The van der Waals surface area contributed by atoms with Gasteiger partial charge in [-0.05, 0) is 26.2 Å². The van der Waals surface area contributed by atoms with E-state index < -0.39 is 0 Å². The summed E-state index contributed by atoms with van der Waals surface area (Å²) in [6, 6.07) is 0.899. The van der Waals surface area contributed by atoms with Crippen LogP contribution in [0.1, 0.15) is 46.0 Å². The molecule has 0 aliphatic heterocycles. The SMILES string of the molecule is CCC(C)N[C@H]1CCCC[C@@H]1O. The van der Waals surface area contributed by atoms with Gasteiger partial charge in [0.15, 0.2) is 0 Å². The Balaban J connectivity index is 2.28. The van der Waals surface area contributed by atoms with Crippen molar-refractivity contribution in [3.8, 4) is 0 Å². The first-order valence-corrected chi connectivity index (χ1v) is 5.18. The van der Waals surface area contributed by atoms with Gasteiger partial charge >= 0.3 is 0 Å². The molecule has 0 aromatic rings. The van der Waals surface area contributed by atoms with E-state index in [1.165, 1.54) is 12.8 Å². The summed E-state index contributed by atoms with van der Waals surface area (Å²) in [4.78, 5) is 0. The average Bonchev–Trinajstić information content (AvgIpc) is 2.09. The average molecular weight is 171 g/mol. The van der Waals surface area contributed by atoms with Crippen LogP contribution in [0.15, 0.2) is 0 Å².